The third kappa shape index (κ3) is 10.4. The summed E-state index contributed by atoms with van der Waals surface area (Å²) in [6.45, 7) is 3.32. The van der Waals surface area contributed by atoms with Gasteiger partial charge in [-0.15, -0.1) is 0 Å². The van der Waals surface area contributed by atoms with E-state index in [4.69, 9.17) is 10.2 Å². The molecule has 0 aromatic heterocycles. The van der Waals surface area contributed by atoms with Crippen molar-refractivity contribution in [2.45, 2.75) is 32.5 Å². The number of hydrogen-bond acceptors (Lipinski definition) is 2. The maximum Gasteiger partial charge on any atom is 0.101 e. The van der Waals surface area contributed by atoms with Crippen LogP contribution in [-0.4, -0.2) is 34.7 Å². The zero-order valence-corrected chi connectivity index (χ0v) is 25.4. The van der Waals surface area contributed by atoms with Gasteiger partial charge in [-0.25, -0.2) is 0 Å². The van der Waals surface area contributed by atoms with E-state index in [1.165, 1.54) is 33.5 Å². The van der Waals surface area contributed by atoms with Crippen LogP contribution in [0.3, 0.4) is 0 Å². The van der Waals surface area contributed by atoms with Crippen LogP contribution in [0.1, 0.15) is 20.3 Å². The van der Waals surface area contributed by atoms with Gasteiger partial charge in [-0.2, -0.15) is 0 Å². The van der Waals surface area contributed by atoms with Gasteiger partial charge in [0.1, 0.15) is 12.3 Å². The van der Waals surface area contributed by atoms with E-state index in [9.17, 15) is 0 Å². The monoisotopic (exact) mass is 697 g/mol. The Hall–Kier alpha value is -1.69. The van der Waals surface area contributed by atoms with E-state index < -0.39 is 15.8 Å². The third-order valence-electron chi connectivity index (χ3n) is 5.80. The average Bonchev–Trinajstić information content (AvgIpc) is 2.88. The first-order valence-corrected chi connectivity index (χ1v) is 15.8. The fraction of sp³-hybridized carbons (Fsp3) is 0.226. The second-order valence-corrected chi connectivity index (χ2v) is 14.1. The van der Waals surface area contributed by atoms with E-state index in [1.54, 1.807) is 13.8 Å². The van der Waals surface area contributed by atoms with Gasteiger partial charge in [-0.1, -0.05) is 72.8 Å². The molecule has 2 atom stereocenters. The van der Waals surface area contributed by atoms with Crippen LogP contribution in [0, 0.1) is 0 Å². The van der Waals surface area contributed by atoms with Crippen molar-refractivity contribution in [1.82, 2.24) is 0 Å². The van der Waals surface area contributed by atoms with Gasteiger partial charge in [0.15, 0.2) is 0 Å². The topological polar surface area (TPSA) is 40.5 Å². The van der Waals surface area contributed by atoms with E-state index in [1.807, 2.05) is 0 Å². The third-order valence-corrected chi connectivity index (χ3v) is 11.9. The minimum Gasteiger partial charge on any atom is -0.393 e. The van der Waals surface area contributed by atoms with Crippen molar-refractivity contribution < 1.29 is 30.3 Å². The molecule has 0 heterocycles. The molecule has 4 rings (SSSR count). The van der Waals surface area contributed by atoms with Crippen LogP contribution < -0.4 is 21.2 Å². The van der Waals surface area contributed by atoms with Crippen LogP contribution in [0.4, 0.5) is 0 Å². The summed E-state index contributed by atoms with van der Waals surface area (Å²) < 4.78 is 0. The standard InChI is InChI=1S/C26H24P2.C5H12O2.Ir/c1-5-13-23(14-6-1)27(24-15-7-2-8-16-24)21-22-28(25-17-9-3-10-18-25)26-19-11-4-12-20-26;1-4(6)3-5(2)7;/h1-20H,21-22H2;4-7H,3H2,1-2H3;/p+2. The maximum absolute atomic E-state index is 8.56. The molecule has 191 valence electrons. The summed E-state index contributed by atoms with van der Waals surface area (Å²) >= 11 is 0. The van der Waals surface area contributed by atoms with Gasteiger partial charge < -0.3 is 10.2 Å². The molecule has 5 heteroatoms. The van der Waals surface area contributed by atoms with E-state index in [-0.39, 0.29) is 32.3 Å². The van der Waals surface area contributed by atoms with Crippen LogP contribution in [0.5, 0.6) is 0 Å². The first-order valence-electron chi connectivity index (χ1n) is 12.3. The Morgan fingerprint density at radius 1 is 0.472 bits per heavy atom. The van der Waals surface area contributed by atoms with Crippen molar-refractivity contribution in [1.29, 1.82) is 0 Å². The van der Waals surface area contributed by atoms with Crippen LogP contribution in [0.15, 0.2) is 121 Å². The number of rotatable bonds is 9. The molecule has 0 amide bonds. The Kier molecular flexibility index (Phi) is 14.4. The number of aliphatic hydroxyl groups is 2. The van der Waals surface area contributed by atoms with E-state index >= 15 is 0 Å². The molecule has 4 aromatic rings. The van der Waals surface area contributed by atoms with Crippen molar-refractivity contribution in [3.63, 3.8) is 0 Å². The molecule has 2 N–H and O–H groups in total. The molecule has 2 unspecified atom stereocenters. The van der Waals surface area contributed by atoms with Crippen LogP contribution in [0.25, 0.3) is 0 Å². The summed E-state index contributed by atoms with van der Waals surface area (Å²) in [4.78, 5) is 0. The first-order chi connectivity index (χ1) is 17.0. The van der Waals surface area contributed by atoms with E-state index in [0.29, 0.717) is 6.42 Å². The first kappa shape index (κ1) is 30.5. The van der Waals surface area contributed by atoms with Crippen molar-refractivity contribution in [3.05, 3.63) is 121 Å². The number of benzene rings is 4. The van der Waals surface area contributed by atoms with Gasteiger partial charge in [-0.3, -0.25) is 0 Å². The predicted molar refractivity (Wildman–Crippen MR) is 159 cm³/mol. The van der Waals surface area contributed by atoms with Gasteiger partial charge in [0.25, 0.3) is 0 Å². The Balaban J connectivity index is 0.000000503. The molecule has 0 saturated heterocycles. The SMILES string of the molecule is CC(O)CC(C)O.[Ir].c1ccc([PH+](CC[PH+](c2ccccc2)c2ccccc2)c2ccccc2)cc1. The van der Waals surface area contributed by atoms with Crippen LogP contribution >= 0.6 is 15.8 Å². The van der Waals surface area contributed by atoms with Crippen LogP contribution in [0.2, 0.25) is 0 Å². The van der Waals surface area contributed by atoms with Gasteiger partial charge in [0, 0.05) is 20.1 Å². The summed E-state index contributed by atoms with van der Waals surface area (Å²) in [7, 11) is -1.57. The molecular weight excluding hydrogens is 659 g/mol. The Labute approximate surface area is 232 Å². The molecule has 2 nitrogen and oxygen atoms in total. The molecule has 0 spiro atoms. The average molecular weight is 697 g/mol. The summed E-state index contributed by atoms with van der Waals surface area (Å²) in [6, 6.07) is 44.5. The van der Waals surface area contributed by atoms with E-state index in [0.717, 1.165) is 0 Å². The Morgan fingerprint density at radius 3 is 0.861 bits per heavy atom. The molecule has 0 saturated carbocycles. The van der Waals surface area contributed by atoms with Crippen molar-refractivity contribution in [3.8, 4) is 0 Å². The smallest absolute Gasteiger partial charge is 0.101 e. The summed E-state index contributed by atoms with van der Waals surface area (Å²) in [5.41, 5.74) is 0. The Morgan fingerprint density at radius 2 is 0.694 bits per heavy atom. The fourth-order valence-electron chi connectivity index (χ4n) is 4.21. The number of aliphatic hydroxyl groups excluding tert-OH is 2. The van der Waals surface area contributed by atoms with Gasteiger partial charge in [0.05, 0.1) is 49.3 Å². The van der Waals surface area contributed by atoms with Crippen molar-refractivity contribution in [2.75, 3.05) is 12.3 Å². The van der Waals surface area contributed by atoms with Gasteiger partial charge in [-0.05, 0) is 68.8 Å². The zero-order chi connectivity index (χ0) is 24.9. The Bertz CT molecular complexity index is 911. The van der Waals surface area contributed by atoms with Gasteiger partial charge >= 0.3 is 0 Å². The largest absolute Gasteiger partial charge is 0.393 e. The zero-order valence-electron chi connectivity index (χ0n) is 21.1. The normalized spacial score (nSPS) is 12.3. The molecule has 0 fully saturated rings. The molecule has 0 aliphatic rings. The van der Waals surface area contributed by atoms with E-state index in [2.05, 4.69) is 121 Å². The minimum atomic E-state index is -0.783. The molecule has 0 bridgehead atoms. The molecule has 0 aliphatic heterocycles. The number of hydrogen-bond donors (Lipinski definition) is 2. The predicted octanol–water partition coefficient (Wildman–Crippen LogP) is 4.85. The molecule has 36 heavy (non-hydrogen) atoms. The maximum atomic E-state index is 8.56. The summed E-state index contributed by atoms with van der Waals surface area (Å²) in [6.07, 6.45) is 2.24. The molecule has 4 aromatic carbocycles. The quantitative estimate of drug-likeness (QED) is 0.246. The van der Waals surface area contributed by atoms with Crippen LogP contribution in [-0.2, 0) is 20.1 Å². The van der Waals surface area contributed by atoms with Gasteiger partial charge in [0.2, 0.25) is 0 Å². The van der Waals surface area contributed by atoms with Crippen molar-refractivity contribution >= 4 is 37.1 Å². The molecule has 1 radical (unpaired) electrons. The molecular formula is C31H38IrO2P2+2. The second-order valence-electron chi connectivity index (χ2n) is 8.85. The summed E-state index contributed by atoms with van der Waals surface area (Å²) in [5, 5.41) is 23.2. The fourth-order valence-corrected chi connectivity index (χ4v) is 10.4. The van der Waals surface area contributed by atoms with Crippen molar-refractivity contribution in [2.24, 2.45) is 0 Å². The second kappa shape index (κ2) is 16.9. The minimum absolute atomic E-state index is 0. The molecule has 0 aliphatic carbocycles. The summed E-state index contributed by atoms with van der Waals surface area (Å²) in [5.74, 6) is 0.